The zero-order valence-electron chi connectivity index (χ0n) is 31.9. The maximum atomic E-state index is 13.4. The number of rotatable bonds is 8. The number of hydrogen-bond acceptors (Lipinski definition) is 11. The molecular formula is C42H43ClN8O7. The van der Waals surface area contributed by atoms with Crippen molar-refractivity contribution in [3.8, 4) is 11.5 Å². The number of nitrogens with zero attached hydrogens (tertiary/aromatic N) is 6. The molecule has 5 aliphatic heterocycles. The van der Waals surface area contributed by atoms with E-state index in [4.69, 9.17) is 27.6 Å². The highest BCUT2D eigenvalue weighted by atomic mass is 35.5. The second-order valence-electron chi connectivity index (χ2n) is 16.4. The maximum absolute atomic E-state index is 13.4. The molecule has 6 aliphatic rings. The summed E-state index contributed by atoms with van der Waals surface area (Å²) >= 11 is 6.15. The van der Waals surface area contributed by atoms with Gasteiger partial charge in [0.15, 0.2) is 11.5 Å². The van der Waals surface area contributed by atoms with Crippen LogP contribution in [0.5, 0.6) is 11.5 Å². The summed E-state index contributed by atoms with van der Waals surface area (Å²) in [5.74, 6) is 0.269. The van der Waals surface area contributed by atoms with E-state index < -0.39 is 29.7 Å². The standard InChI is InChI=1S/C42H43ClN8O7/c1-44-32-7-6-28(19-31(32)43)57-27-4-2-26(3-5-27)45-38(53)33-8-10-36(48-47-33)50-16-13-24(14-17-50)21-49-22-42(23-49)15-12-25-18-29-30(20-35(25)58-42)41(56)51(40(29)55)34-9-11-37(52)46-39(34)54/h6-8,10,18-20,24,26-27,34H,2-5,9,11-17,21-23H2,(H,45,53)(H,46,52,54). The van der Waals surface area contributed by atoms with Gasteiger partial charge in [0, 0.05) is 45.2 Å². The van der Waals surface area contributed by atoms with Crippen molar-refractivity contribution in [2.45, 2.75) is 88.0 Å². The SMILES string of the molecule is [C-]#[N+]c1ccc(OC2CCC(NC(=O)c3ccc(N4CCC(CN5CC6(CCc7cc8c(cc7O6)C(=O)N(C6CCC(=O)NC6=O)C8=O)C5)CC4)nn3)CC2)cc1Cl. The van der Waals surface area contributed by atoms with Gasteiger partial charge in [-0.15, -0.1) is 10.2 Å². The molecule has 1 atom stereocenters. The minimum Gasteiger partial charge on any atom is -0.490 e. The van der Waals surface area contributed by atoms with E-state index in [1.165, 1.54) is 0 Å². The zero-order valence-corrected chi connectivity index (χ0v) is 32.6. The van der Waals surface area contributed by atoms with E-state index in [2.05, 4.69) is 35.5 Å². The monoisotopic (exact) mass is 806 g/mol. The first-order valence-electron chi connectivity index (χ1n) is 20.1. The molecule has 4 fully saturated rings. The van der Waals surface area contributed by atoms with Crippen LogP contribution in [-0.4, -0.2) is 106 Å². The third-order valence-electron chi connectivity index (χ3n) is 12.5. The summed E-state index contributed by atoms with van der Waals surface area (Å²) in [6.07, 6.45) is 6.92. The Morgan fingerprint density at radius 3 is 2.40 bits per heavy atom. The van der Waals surface area contributed by atoms with Gasteiger partial charge in [0.25, 0.3) is 17.7 Å². The van der Waals surface area contributed by atoms with E-state index in [1.807, 2.05) is 6.07 Å². The lowest BCUT2D eigenvalue weighted by Gasteiger charge is -2.53. The number of halogens is 1. The molecule has 1 aliphatic carbocycles. The Morgan fingerprint density at radius 1 is 0.948 bits per heavy atom. The predicted octanol–water partition coefficient (Wildman–Crippen LogP) is 4.50. The predicted molar refractivity (Wildman–Crippen MR) is 210 cm³/mol. The first-order valence-corrected chi connectivity index (χ1v) is 20.5. The number of nitrogens with one attached hydrogen (secondary N) is 2. The molecule has 3 aromatic rings. The van der Waals surface area contributed by atoms with Crippen molar-refractivity contribution >= 4 is 52.6 Å². The average molecular weight is 807 g/mol. The maximum Gasteiger partial charge on any atom is 0.272 e. The minimum absolute atomic E-state index is 0.0207. The fourth-order valence-corrected chi connectivity index (χ4v) is 9.57. The van der Waals surface area contributed by atoms with Gasteiger partial charge in [-0.05, 0) is 106 Å². The zero-order chi connectivity index (χ0) is 40.1. The number of anilines is 1. The van der Waals surface area contributed by atoms with Gasteiger partial charge in [0.05, 0.1) is 28.8 Å². The fraction of sp³-hybridized carbons (Fsp3) is 0.476. The molecule has 2 N–H and O–H groups in total. The molecule has 0 bridgehead atoms. The molecule has 6 heterocycles. The van der Waals surface area contributed by atoms with Gasteiger partial charge in [0.2, 0.25) is 17.5 Å². The lowest BCUT2D eigenvalue weighted by molar-refractivity contribution is -0.136. The van der Waals surface area contributed by atoms with Gasteiger partial charge in [0.1, 0.15) is 23.1 Å². The normalized spacial score (nSPS) is 24.3. The number of benzene rings is 2. The van der Waals surface area contributed by atoms with Crippen LogP contribution in [0.25, 0.3) is 4.85 Å². The number of imide groups is 2. The van der Waals surface area contributed by atoms with Crippen LogP contribution in [0.1, 0.15) is 94.6 Å². The van der Waals surface area contributed by atoms with Gasteiger partial charge in [-0.3, -0.25) is 39.1 Å². The molecule has 0 radical (unpaired) electrons. The molecule has 9 rings (SSSR count). The lowest BCUT2D eigenvalue weighted by Crippen LogP contribution is -2.66. The second kappa shape index (κ2) is 15.3. The molecule has 1 aromatic heterocycles. The topological polar surface area (TPSA) is 168 Å². The van der Waals surface area contributed by atoms with E-state index in [0.29, 0.717) is 33.8 Å². The molecule has 300 valence electrons. The molecule has 1 spiro atoms. The van der Waals surface area contributed by atoms with Crippen LogP contribution >= 0.6 is 11.6 Å². The highest BCUT2D eigenvalue weighted by Crippen LogP contribution is 2.42. The van der Waals surface area contributed by atoms with Crippen molar-refractivity contribution in [2.75, 3.05) is 37.6 Å². The van der Waals surface area contributed by atoms with Gasteiger partial charge in [-0.1, -0.05) is 17.7 Å². The summed E-state index contributed by atoms with van der Waals surface area (Å²) in [6.45, 7) is 11.4. The third kappa shape index (κ3) is 7.35. The van der Waals surface area contributed by atoms with Crippen LogP contribution < -0.4 is 25.0 Å². The summed E-state index contributed by atoms with van der Waals surface area (Å²) in [4.78, 5) is 72.8. The number of carbonyl (C=O) groups excluding carboxylic acids is 5. The average Bonchev–Trinajstić information content (AvgIpc) is 3.45. The van der Waals surface area contributed by atoms with Crippen LogP contribution in [-0.2, 0) is 16.0 Å². The Labute approximate surface area is 340 Å². The number of hydrogen-bond donors (Lipinski definition) is 2. The summed E-state index contributed by atoms with van der Waals surface area (Å²) in [5.41, 5.74) is 1.77. The molecule has 5 amide bonds. The van der Waals surface area contributed by atoms with Crippen LogP contribution in [0.2, 0.25) is 5.02 Å². The Bertz CT molecular complexity index is 2220. The van der Waals surface area contributed by atoms with Crippen LogP contribution in [0.4, 0.5) is 11.5 Å². The quantitative estimate of drug-likeness (QED) is 0.243. The van der Waals surface area contributed by atoms with Crippen LogP contribution in [0.3, 0.4) is 0 Å². The highest BCUT2D eigenvalue weighted by Gasteiger charge is 2.50. The molecule has 58 heavy (non-hydrogen) atoms. The van der Waals surface area contributed by atoms with Crippen LogP contribution in [0, 0.1) is 12.5 Å². The Kier molecular flexibility index (Phi) is 10.0. The van der Waals surface area contributed by atoms with Crippen molar-refractivity contribution in [1.82, 2.24) is 30.6 Å². The van der Waals surface area contributed by atoms with E-state index in [1.54, 1.807) is 36.4 Å². The Hall–Kier alpha value is -5.59. The summed E-state index contributed by atoms with van der Waals surface area (Å²) < 4.78 is 12.6. The third-order valence-corrected chi connectivity index (χ3v) is 12.8. The molecule has 1 unspecified atom stereocenters. The highest BCUT2D eigenvalue weighted by molar-refractivity contribution is 6.33. The molecule has 16 heteroatoms. The number of aryl methyl sites for hydroxylation is 1. The number of fused-ring (bicyclic) bond motifs is 2. The van der Waals surface area contributed by atoms with Crippen molar-refractivity contribution in [2.24, 2.45) is 5.92 Å². The molecular weight excluding hydrogens is 764 g/mol. The second-order valence-corrected chi connectivity index (χ2v) is 16.8. The van der Waals surface area contributed by atoms with Crippen molar-refractivity contribution < 1.29 is 33.4 Å². The largest absolute Gasteiger partial charge is 0.490 e. The molecule has 15 nitrogen and oxygen atoms in total. The van der Waals surface area contributed by atoms with Crippen molar-refractivity contribution in [3.63, 3.8) is 0 Å². The van der Waals surface area contributed by atoms with Gasteiger partial charge < -0.3 is 19.7 Å². The fourth-order valence-electron chi connectivity index (χ4n) is 9.35. The summed E-state index contributed by atoms with van der Waals surface area (Å²) in [6, 6.07) is 11.2. The van der Waals surface area contributed by atoms with E-state index in [0.717, 1.165) is 100 Å². The molecule has 2 aromatic carbocycles. The van der Waals surface area contributed by atoms with Gasteiger partial charge >= 0.3 is 0 Å². The van der Waals surface area contributed by atoms with Gasteiger partial charge in [-0.2, -0.15) is 0 Å². The van der Waals surface area contributed by atoms with E-state index in [9.17, 15) is 24.0 Å². The van der Waals surface area contributed by atoms with E-state index in [-0.39, 0.29) is 47.6 Å². The van der Waals surface area contributed by atoms with E-state index >= 15 is 0 Å². The Morgan fingerprint density at radius 2 is 1.71 bits per heavy atom. The number of likely N-dealkylation sites (tertiary alicyclic amines) is 1. The number of carbonyl (C=O) groups is 5. The lowest BCUT2D eigenvalue weighted by atomic mass is 9.82. The molecule has 1 saturated carbocycles. The number of amides is 5. The van der Waals surface area contributed by atoms with Gasteiger partial charge in [-0.25, -0.2) is 4.85 Å². The number of piperidine rings is 2. The summed E-state index contributed by atoms with van der Waals surface area (Å²) in [7, 11) is 0. The summed E-state index contributed by atoms with van der Waals surface area (Å²) in [5, 5.41) is 14.4. The number of aromatic nitrogens is 2. The number of ether oxygens (including phenoxy) is 2. The van der Waals surface area contributed by atoms with Crippen LogP contribution in [0.15, 0.2) is 42.5 Å². The minimum atomic E-state index is -0.998. The first kappa shape index (κ1) is 38.0. The van der Waals surface area contributed by atoms with Crippen molar-refractivity contribution in [1.29, 1.82) is 0 Å². The molecule has 3 saturated heterocycles. The first-order chi connectivity index (χ1) is 28.0. The smallest absolute Gasteiger partial charge is 0.272 e. The van der Waals surface area contributed by atoms with Crippen molar-refractivity contribution in [3.05, 3.63) is 81.3 Å². The Balaban J connectivity index is 0.711.